The molecule has 0 aliphatic heterocycles. The lowest BCUT2D eigenvalue weighted by Gasteiger charge is -2.16. The van der Waals surface area contributed by atoms with Crippen LogP contribution in [0, 0.1) is 0 Å². The van der Waals surface area contributed by atoms with Crippen molar-refractivity contribution in [1.82, 2.24) is 34.9 Å². The van der Waals surface area contributed by atoms with Gasteiger partial charge in [-0.3, -0.25) is 4.57 Å². The molecule has 0 saturated heterocycles. The van der Waals surface area contributed by atoms with Crippen LogP contribution in [0.3, 0.4) is 0 Å². The Labute approximate surface area is 302 Å². The lowest BCUT2D eigenvalue weighted by atomic mass is 10.1. The van der Waals surface area contributed by atoms with Crippen LogP contribution < -0.4 is 21.2 Å². The molecule has 250 valence electrons. The number of hydrogen-bond acceptors (Lipinski definition) is 10. The predicted molar refractivity (Wildman–Crippen MR) is 207 cm³/mol. The van der Waals surface area contributed by atoms with Gasteiger partial charge >= 0.3 is 0 Å². The smallest absolute Gasteiger partial charge is 0.273 e. The van der Waals surface area contributed by atoms with E-state index in [1.807, 2.05) is 126 Å². The molecular weight excluding hydrogens is 713 g/mol. The highest BCUT2D eigenvalue weighted by Gasteiger charge is 2.27. The summed E-state index contributed by atoms with van der Waals surface area (Å²) in [6, 6.07) is 38.9. The maximum absolute atomic E-state index is 14.7. The fourth-order valence-corrected chi connectivity index (χ4v) is 11.4. The highest BCUT2D eigenvalue weighted by molar-refractivity contribution is 7.99. The lowest BCUT2D eigenvalue weighted by molar-refractivity contribution is 0.589. The molecule has 0 aliphatic carbocycles. The van der Waals surface area contributed by atoms with E-state index in [0.29, 0.717) is 10.6 Å². The van der Waals surface area contributed by atoms with Gasteiger partial charge in [0.15, 0.2) is 6.33 Å². The molecule has 2 unspecified atom stereocenters. The monoisotopic (exact) mass is 741 g/mol. The van der Waals surface area contributed by atoms with Gasteiger partial charge in [0.1, 0.15) is 24.3 Å². The molecular formula is C38H29N7O2P2S2. The Morgan fingerprint density at radius 3 is 1.45 bits per heavy atom. The molecule has 0 N–H and O–H groups in total. The molecule has 13 heteroatoms. The van der Waals surface area contributed by atoms with Gasteiger partial charge in [-0.1, -0.05) is 84.2 Å². The first-order chi connectivity index (χ1) is 24.8. The Kier molecular flexibility index (Phi) is 8.90. The molecule has 0 aliphatic rings. The Balaban J connectivity index is 1.22. The SMILES string of the molecule is CP(=O)(c1cccc(Sc2ccccn2)c1)c1ccc2c3ccc(P(C)(=O)c4cccc(Sc5ccccn5)c4)cc3n(-c3nncnn3)c2c1. The fourth-order valence-electron chi connectivity index (χ4n) is 6.01. The van der Waals surface area contributed by atoms with Gasteiger partial charge < -0.3 is 9.13 Å². The van der Waals surface area contributed by atoms with E-state index >= 15 is 0 Å². The zero-order chi connectivity index (χ0) is 35.0. The van der Waals surface area contributed by atoms with E-state index in [1.54, 1.807) is 25.7 Å². The highest BCUT2D eigenvalue weighted by Crippen LogP contribution is 2.44. The molecule has 8 aromatic rings. The molecule has 4 aromatic carbocycles. The van der Waals surface area contributed by atoms with Crippen molar-refractivity contribution in [3.63, 3.8) is 0 Å². The molecule has 4 heterocycles. The van der Waals surface area contributed by atoms with E-state index in [9.17, 15) is 9.13 Å². The van der Waals surface area contributed by atoms with Gasteiger partial charge in [-0.05, 0) is 74.0 Å². The van der Waals surface area contributed by atoms with Crippen LogP contribution in [-0.4, -0.2) is 48.3 Å². The normalized spacial score (nSPS) is 13.9. The van der Waals surface area contributed by atoms with Crippen LogP contribution in [0.15, 0.2) is 160 Å². The Morgan fingerprint density at radius 1 is 0.529 bits per heavy atom. The van der Waals surface area contributed by atoms with Crippen LogP contribution in [-0.2, 0) is 9.13 Å². The average Bonchev–Trinajstić information content (AvgIpc) is 3.49. The van der Waals surface area contributed by atoms with Gasteiger partial charge in [-0.25, -0.2) is 9.97 Å². The topological polar surface area (TPSA) is 116 Å². The van der Waals surface area contributed by atoms with Crippen molar-refractivity contribution in [3.8, 4) is 5.95 Å². The molecule has 0 fully saturated rings. The van der Waals surface area contributed by atoms with Crippen molar-refractivity contribution < 1.29 is 9.13 Å². The molecule has 0 saturated carbocycles. The second-order valence-electron chi connectivity index (χ2n) is 12.0. The summed E-state index contributed by atoms with van der Waals surface area (Å²) in [6.45, 7) is 3.58. The fraction of sp³-hybridized carbons (Fsp3) is 0.0526. The zero-order valence-electron chi connectivity index (χ0n) is 27.4. The summed E-state index contributed by atoms with van der Waals surface area (Å²) >= 11 is 3.05. The van der Waals surface area contributed by atoms with Gasteiger partial charge in [0, 0.05) is 54.2 Å². The molecule has 0 spiro atoms. The van der Waals surface area contributed by atoms with E-state index < -0.39 is 14.3 Å². The predicted octanol–water partition coefficient (Wildman–Crippen LogP) is 7.34. The van der Waals surface area contributed by atoms with E-state index in [4.69, 9.17) is 0 Å². The zero-order valence-corrected chi connectivity index (χ0v) is 30.9. The largest absolute Gasteiger partial charge is 0.314 e. The summed E-state index contributed by atoms with van der Waals surface area (Å²) in [5.74, 6) is 0.256. The molecule has 0 bridgehead atoms. The summed E-state index contributed by atoms with van der Waals surface area (Å²) in [4.78, 5) is 10.8. The molecule has 9 nitrogen and oxygen atoms in total. The molecule has 0 amide bonds. The van der Waals surface area contributed by atoms with Crippen molar-refractivity contribution in [1.29, 1.82) is 0 Å². The number of benzene rings is 4. The van der Waals surface area contributed by atoms with Gasteiger partial charge in [0.2, 0.25) is 0 Å². The minimum atomic E-state index is -3.06. The summed E-state index contributed by atoms with van der Waals surface area (Å²) in [5.41, 5.74) is 1.49. The second-order valence-corrected chi connectivity index (χ2v) is 19.9. The standard InChI is InChI=1S/C38H29N7O2P2S2/c1-48(46,26-9-7-11-30(21-26)50-36-13-3-5-19-39-36)28-15-17-32-33-18-16-29(24-35(33)45(34(32)23-28)38-43-41-25-42-44-38)49(2,47)27-10-8-12-31(22-27)51-37-14-4-6-20-40-37/h3-25H,1-2H3. The number of hydrogen-bond donors (Lipinski definition) is 0. The Morgan fingerprint density at radius 2 is 1.00 bits per heavy atom. The maximum Gasteiger partial charge on any atom is 0.273 e. The van der Waals surface area contributed by atoms with Gasteiger partial charge in [0.25, 0.3) is 5.95 Å². The highest BCUT2D eigenvalue weighted by atomic mass is 32.2. The Hall–Kier alpha value is -4.92. The van der Waals surface area contributed by atoms with Crippen LogP contribution in [0.4, 0.5) is 0 Å². The van der Waals surface area contributed by atoms with Gasteiger partial charge in [-0.15, -0.1) is 20.4 Å². The number of pyridine rings is 2. The lowest BCUT2D eigenvalue weighted by Crippen LogP contribution is -2.16. The van der Waals surface area contributed by atoms with Crippen molar-refractivity contribution in [2.75, 3.05) is 13.3 Å². The van der Waals surface area contributed by atoms with Crippen LogP contribution in [0.5, 0.6) is 0 Å². The number of rotatable bonds is 9. The van der Waals surface area contributed by atoms with E-state index in [2.05, 4.69) is 30.4 Å². The summed E-state index contributed by atoms with van der Waals surface area (Å²) in [7, 11) is -6.13. The quantitative estimate of drug-likeness (QED) is 0.139. The molecule has 4 aromatic heterocycles. The average molecular weight is 742 g/mol. The Bertz CT molecular complexity index is 2480. The van der Waals surface area contributed by atoms with Crippen LogP contribution in [0.1, 0.15) is 0 Å². The molecule has 2 atom stereocenters. The molecule has 8 rings (SSSR count). The molecule has 0 radical (unpaired) electrons. The van der Waals surface area contributed by atoms with Gasteiger partial charge in [0.05, 0.1) is 11.0 Å². The first-order valence-corrected chi connectivity index (χ1v) is 21.9. The second kappa shape index (κ2) is 13.7. The number of aromatic nitrogens is 7. The van der Waals surface area contributed by atoms with Crippen molar-refractivity contribution >= 4 is 80.8 Å². The summed E-state index contributed by atoms with van der Waals surface area (Å²) < 4.78 is 31.2. The van der Waals surface area contributed by atoms with Crippen LogP contribution in [0.2, 0.25) is 0 Å². The van der Waals surface area contributed by atoms with E-state index in [1.165, 1.54) is 29.9 Å². The van der Waals surface area contributed by atoms with Crippen molar-refractivity contribution in [2.45, 2.75) is 19.8 Å². The maximum atomic E-state index is 14.7. The minimum Gasteiger partial charge on any atom is -0.314 e. The third-order valence-electron chi connectivity index (χ3n) is 8.66. The summed E-state index contributed by atoms with van der Waals surface area (Å²) in [6.07, 6.45) is 4.80. The van der Waals surface area contributed by atoms with Crippen LogP contribution in [0.25, 0.3) is 27.8 Å². The number of fused-ring (bicyclic) bond motifs is 3. The van der Waals surface area contributed by atoms with Crippen LogP contribution >= 0.6 is 37.8 Å². The van der Waals surface area contributed by atoms with Gasteiger partial charge in [-0.2, -0.15) is 0 Å². The summed E-state index contributed by atoms with van der Waals surface area (Å²) in [5, 5.41) is 23.0. The third-order valence-corrected chi connectivity index (χ3v) is 15.6. The first-order valence-electron chi connectivity index (χ1n) is 15.9. The van der Waals surface area contributed by atoms with E-state index in [0.717, 1.165) is 52.3 Å². The minimum absolute atomic E-state index is 0.256. The van der Waals surface area contributed by atoms with Crippen molar-refractivity contribution in [3.05, 3.63) is 140 Å². The molecule has 51 heavy (non-hydrogen) atoms. The number of nitrogens with zero attached hydrogens (tertiary/aromatic N) is 7. The van der Waals surface area contributed by atoms with E-state index in [-0.39, 0.29) is 5.95 Å². The van der Waals surface area contributed by atoms with Crippen molar-refractivity contribution in [2.24, 2.45) is 0 Å². The third kappa shape index (κ3) is 6.54. The first kappa shape index (κ1) is 33.2.